The summed E-state index contributed by atoms with van der Waals surface area (Å²) in [5, 5.41) is 0. The summed E-state index contributed by atoms with van der Waals surface area (Å²) in [6.45, 7) is 5.30. The smallest absolute Gasteiger partial charge is 0.0569 e. The van der Waals surface area contributed by atoms with Crippen LogP contribution in [0.25, 0.3) is 0 Å². The summed E-state index contributed by atoms with van der Waals surface area (Å²) in [5.74, 6) is 0. The summed E-state index contributed by atoms with van der Waals surface area (Å²) in [7, 11) is 0. The summed E-state index contributed by atoms with van der Waals surface area (Å²) in [6, 6.07) is 13.0. The molecule has 0 fully saturated rings. The summed E-state index contributed by atoms with van der Waals surface area (Å²) in [4.78, 5) is 6.58. The van der Waals surface area contributed by atoms with Gasteiger partial charge in [0.1, 0.15) is 0 Å². The molecule has 2 aromatic rings. The Morgan fingerprint density at radius 2 is 1.89 bits per heavy atom. The molecule has 0 spiro atoms. The predicted octanol–water partition coefficient (Wildman–Crippen LogP) is 4.26. The van der Waals surface area contributed by atoms with E-state index in [1.807, 2.05) is 18.5 Å². The van der Waals surface area contributed by atoms with E-state index in [0.717, 1.165) is 16.7 Å². The second kappa shape index (κ2) is 6.01. The van der Waals surface area contributed by atoms with Gasteiger partial charge in [-0.1, -0.05) is 30.3 Å². The third-order valence-corrected chi connectivity index (χ3v) is 3.27. The number of aromatic nitrogens is 1. The van der Waals surface area contributed by atoms with Crippen LogP contribution in [0.15, 0.2) is 53.3 Å². The van der Waals surface area contributed by atoms with Crippen molar-refractivity contribution < 1.29 is 0 Å². The molecule has 3 heteroatoms. The van der Waals surface area contributed by atoms with Gasteiger partial charge in [0.25, 0.3) is 0 Å². The van der Waals surface area contributed by atoms with Gasteiger partial charge in [-0.05, 0) is 41.4 Å². The Morgan fingerprint density at radius 3 is 2.50 bits per heavy atom. The summed E-state index contributed by atoms with van der Waals surface area (Å²) >= 11 is 3.48. The van der Waals surface area contributed by atoms with Crippen molar-refractivity contribution in [1.29, 1.82) is 0 Å². The van der Waals surface area contributed by atoms with E-state index in [4.69, 9.17) is 0 Å². The Balaban J connectivity index is 2.24. The van der Waals surface area contributed by atoms with Crippen molar-refractivity contribution >= 4 is 21.6 Å². The lowest BCUT2D eigenvalue weighted by Crippen LogP contribution is -2.30. The zero-order valence-electron chi connectivity index (χ0n) is 10.7. The molecule has 0 amide bonds. The zero-order chi connectivity index (χ0) is 13.0. The lowest BCUT2D eigenvalue weighted by molar-refractivity contribution is 0.681. The SMILES string of the molecule is CC(C)N(Cc1ccccc1)c1cncc(Br)c1. The minimum Gasteiger partial charge on any atom is -0.364 e. The van der Waals surface area contributed by atoms with Crippen molar-refractivity contribution in [2.24, 2.45) is 0 Å². The van der Waals surface area contributed by atoms with Gasteiger partial charge in [0, 0.05) is 23.3 Å². The summed E-state index contributed by atoms with van der Waals surface area (Å²) in [6.07, 6.45) is 3.72. The Labute approximate surface area is 117 Å². The molecule has 0 bridgehead atoms. The topological polar surface area (TPSA) is 16.1 Å². The Morgan fingerprint density at radius 1 is 1.17 bits per heavy atom. The fraction of sp³-hybridized carbons (Fsp3) is 0.267. The van der Waals surface area contributed by atoms with E-state index in [0.29, 0.717) is 6.04 Å². The molecule has 0 aliphatic carbocycles. The van der Waals surface area contributed by atoms with Crippen LogP contribution in [0.5, 0.6) is 0 Å². The van der Waals surface area contributed by atoms with E-state index in [1.54, 1.807) is 0 Å². The highest BCUT2D eigenvalue weighted by Gasteiger charge is 2.11. The van der Waals surface area contributed by atoms with Gasteiger partial charge >= 0.3 is 0 Å². The lowest BCUT2D eigenvalue weighted by atomic mass is 10.1. The van der Waals surface area contributed by atoms with Crippen molar-refractivity contribution in [2.45, 2.75) is 26.4 Å². The van der Waals surface area contributed by atoms with Crippen LogP contribution < -0.4 is 4.90 Å². The highest BCUT2D eigenvalue weighted by atomic mass is 79.9. The lowest BCUT2D eigenvalue weighted by Gasteiger charge is -2.29. The highest BCUT2D eigenvalue weighted by molar-refractivity contribution is 9.10. The van der Waals surface area contributed by atoms with E-state index in [-0.39, 0.29) is 0 Å². The van der Waals surface area contributed by atoms with E-state index < -0.39 is 0 Å². The molecule has 1 heterocycles. The van der Waals surface area contributed by atoms with Crippen LogP contribution in [-0.4, -0.2) is 11.0 Å². The molecule has 18 heavy (non-hydrogen) atoms. The van der Waals surface area contributed by atoms with Crippen molar-refractivity contribution in [1.82, 2.24) is 4.98 Å². The fourth-order valence-corrected chi connectivity index (χ4v) is 2.26. The van der Waals surface area contributed by atoms with Crippen molar-refractivity contribution in [3.8, 4) is 0 Å². The number of anilines is 1. The highest BCUT2D eigenvalue weighted by Crippen LogP contribution is 2.22. The maximum atomic E-state index is 4.24. The van der Waals surface area contributed by atoms with Gasteiger partial charge < -0.3 is 4.90 Å². The maximum absolute atomic E-state index is 4.24. The molecule has 94 valence electrons. The van der Waals surface area contributed by atoms with Crippen LogP contribution in [0.4, 0.5) is 5.69 Å². The molecule has 0 aliphatic rings. The van der Waals surface area contributed by atoms with E-state index >= 15 is 0 Å². The molecule has 2 nitrogen and oxygen atoms in total. The third-order valence-electron chi connectivity index (χ3n) is 2.84. The normalized spacial score (nSPS) is 10.7. The standard InChI is InChI=1S/C15H17BrN2/c1-12(2)18(11-13-6-4-3-5-7-13)15-8-14(16)9-17-10-15/h3-10,12H,11H2,1-2H3. The molecule has 1 aromatic heterocycles. The second-order valence-electron chi connectivity index (χ2n) is 4.57. The summed E-state index contributed by atoms with van der Waals surface area (Å²) in [5.41, 5.74) is 2.45. The van der Waals surface area contributed by atoms with Gasteiger partial charge in [0.15, 0.2) is 0 Å². The molecule has 0 aliphatic heterocycles. The average Bonchev–Trinajstić information content (AvgIpc) is 2.37. The first-order chi connectivity index (χ1) is 8.66. The van der Waals surface area contributed by atoms with Crippen molar-refractivity contribution in [2.75, 3.05) is 4.90 Å². The molecule has 0 saturated carbocycles. The van der Waals surface area contributed by atoms with Crippen LogP contribution >= 0.6 is 15.9 Å². The van der Waals surface area contributed by atoms with Gasteiger partial charge in [-0.15, -0.1) is 0 Å². The van der Waals surface area contributed by atoms with E-state index in [9.17, 15) is 0 Å². The molecule has 2 rings (SSSR count). The molecule has 0 saturated heterocycles. The van der Waals surface area contributed by atoms with E-state index in [1.165, 1.54) is 5.56 Å². The quantitative estimate of drug-likeness (QED) is 0.839. The van der Waals surface area contributed by atoms with Crippen LogP contribution in [0, 0.1) is 0 Å². The zero-order valence-corrected chi connectivity index (χ0v) is 12.3. The van der Waals surface area contributed by atoms with E-state index in [2.05, 4.69) is 70.0 Å². The molecule has 0 N–H and O–H groups in total. The first kappa shape index (κ1) is 13.1. The minimum atomic E-state index is 0.432. The molecule has 0 radical (unpaired) electrons. The Kier molecular flexibility index (Phi) is 4.37. The first-order valence-electron chi connectivity index (χ1n) is 6.08. The largest absolute Gasteiger partial charge is 0.364 e. The number of hydrogen-bond donors (Lipinski definition) is 0. The Bertz CT molecular complexity index is 497. The van der Waals surface area contributed by atoms with Crippen LogP contribution in [0.3, 0.4) is 0 Å². The predicted molar refractivity (Wildman–Crippen MR) is 79.7 cm³/mol. The molecule has 1 aromatic carbocycles. The number of pyridine rings is 1. The van der Waals surface area contributed by atoms with Gasteiger partial charge in [0.05, 0.1) is 11.9 Å². The van der Waals surface area contributed by atoms with Gasteiger partial charge in [-0.2, -0.15) is 0 Å². The third kappa shape index (κ3) is 3.33. The number of nitrogens with zero attached hydrogens (tertiary/aromatic N) is 2. The molecular formula is C15H17BrN2. The number of rotatable bonds is 4. The number of hydrogen-bond acceptors (Lipinski definition) is 2. The Hall–Kier alpha value is -1.35. The molecular weight excluding hydrogens is 288 g/mol. The number of benzene rings is 1. The van der Waals surface area contributed by atoms with Crippen LogP contribution in [0.2, 0.25) is 0 Å². The molecule has 0 unspecified atom stereocenters. The number of halogens is 1. The van der Waals surface area contributed by atoms with Gasteiger partial charge in [0.2, 0.25) is 0 Å². The average molecular weight is 305 g/mol. The van der Waals surface area contributed by atoms with Crippen LogP contribution in [0.1, 0.15) is 19.4 Å². The maximum Gasteiger partial charge on any atom is 0.0569 e. The van der Waals surface area contributed by atoms with Crippen molar-refractivity contribution in [3.63, 3.8) is 0 Å². The van der Waals surface area contributed by atoms with Gasteiger partial charge in [-0.25, -0.2) is 0 Å². The van der Waals surface area contributed by atoms with Crippen LogP contribution in [-0.2, 0) is 6.54 Å². The molecule has 0 atom stereocenters. The first-order valence-corrected chi connectivity index (χ1v) is 6.87. The fourth-order valence-electron chi connectivity index (χ4n) is 1.91. The monoisotopic (exact) mass is 304 g/mol. The summed E-state index contributed by atoms with van der Waals surface area (Å²) < 4.78 is 1.01. The minimum absolute atomic E-state index is 0.432. The van der Waals surface area contributed by atoms with Crippen molar-refractivity contribution in [3.05, 3.63) is 58.8 Å². The van der Waals surface area contributed by atoms with Gasteiger partial charge in [-0.3, -0.25) is 4.98 Å². The second-order valence-corrected chi connectivity index (χ2v) is 5.48.